The average molecular weight is 229 g/mol. The molecule has 0 saturated heterocycles. The molecule has 0 atom stereocenters. The smallest absolute Gasteiger partial charge is 0.323 e. The van der Waals surface area contributed by atoms with Crippen LogP contribution in [-0.4, -0.2) is 34.6 Å². The van der Waals surface area contributed by atoms with Gasteiger partial charge in [0.15, 0.2) is 11.6 Å². The maximum absolute atomic E-state index is 13.3. The van der Waals surface area contributed by atoms with Crippen molar-refractivity contribution in [2.24, 2.45) is 0 Å². The first-order chi connectivity index (χ1) is 7.41. The number of nitrogens with zero attached hydrogens (tertiary/aromatic N) is 3. The molecule has 0 radical (unpaired) electrons. The van der Waals surface area contributed by atoms with Gasteiger partial charge >= 0.3 is 5.97 Å². The zero-order valence-electron chi connectivity index (χ0n) is 8.25. The molecule has 0 unspecified atom stereocenters. The van der Waals surface area contributed by atoms with Crippen LogP contribution in [0.25, 0.3) is 0 Å². The largest absolute Gasteiger partial charge is 0.480 e. The summed E-state index contributed by atoms with van der Waals surface area (Å²) in [5, 5.41) is 18.8. The maximum atomic E-state index is 13.3. The molecular formula is C8H8FN3O4. The Morgan fingerprint density at radius 3 is 2.81 bits per heavy atom. The van der Waals surface area contributed by atoms with Gasteiger partial charge in [0.25, 0.3) is 5.69 Å². The van der Waals surface area contributed by atoms with E-state index in [1.165, 1.54) is 7.05 Å². The van der Waals surface area contributed by atoms with Crippen LogP contribution >= 0.6 is 0 Å². The molecule has 86 valence electrons. The summed E-state index contributed by atoms with van der Waals surface area (Å²) < 4.78 is 13.3. The molecule has 1 aromatic rings. The second-order valence-corrected chi connectivity index (χ2v) is 3.01. The molecular weight excluding hydrogens is 221 g/mol. The van der Waals surface area contributed by atoms with Crippen LogP contribution in [0.3, 0.4) is 0 Å². The third-order valence-electron chi connectivity index (χ3n) is 1.75. The number of carboxylic acid groups (broad SMARTS) is 1. The normalized spacial score (nSPS) is 9.88. The molecule has 0 fully saturated rings. The highest BCUT2D eigenvalue weighted by Crippen LogP contribution is 2.19. The number of carboxylic acids is 1. The lowest BCUT2D eigenvalue weighted by atomic mass is 10.3. The van der Waals surface area contributed by atoms with Gasteiger partial charge < -0.3 is 10.0 Å². The Hall–Kier alpha value is -2.25. The second kappa shape index (κ2) is 4.51. The lowest BCUT2D eigenvalue weighted by Crippen LogP contribution is -2.26. The number of pyridine rings is 1. The molecule has 7 nitrogen and oxygen atoms in total. The number of halogens is 1. The molecule has 0 aromatic carbocycles. The fraction of sp³-hybridized carbons (Fsp3) is 0.250. The molecule has 0 aliphatic carbocycles. The first-order valence-electron chi connectivity index (χ1n) is 4.14. The van der Waals surface area contributed by atoms with Crippen molar-refractivity contribution in [3.8, 4) is 0 Å². The molecule has 1 heterocycles. The van der Waals surface area contributed by atoms with Gasteiger partial charge in [-0.1, -0.05) is 0 Å². The van der Waals surface area contributed by atoms with E-state index in [-0.39, 0.29) is 5.82 Å². The molecule has 16 heavy (non-hydrogen) atoms. The first-order valence-corrected chi connectivity index (χ1v) is 4.14. The minimum absolute atomic E-state index is 0.243. The SMILES string of the molecule is CN(CC(=O)O)c1ncc([N+](=O)[O-])cc1F. The van der Waals surface area contributed by atoms with Crippen molar-refractivity contribution >= 4 is 17.5 Å². The minimum atomic E-state index is -1.15. The quantitative estimate of drug-likeness (QED) is 0.601. The number of hydrogen-bond donors (Lipinski definition) is 1. The lowest BCUT2D eigenvalue weighted by molar-refractivity contribution is -0.385. The van der Waals surface area contributed by atoms with E-state index in [0.717, 1.165) is 11.1 Å². The highest BCUT2D eigenvalue weighted by Gasteiger charge is 2.16. The maximum Gasteiger partial charge on any atom is 0.323 e. The Kier molecular flexibility index (Phi) is 3.33. The lowest BCUT2D eigenvalue weighted by Gasteiger charge is -2.15. The van der Waals surface area contributed by atoms with E-state index in [2.05, 4.69) is 4.98 Å². The highest BCUT2D eigenvalue weighted by molar-refractivity contribution is 5.73. The van der Waals surface area contributed by atoms with E-state index in [4.69, 9.17) is 5.11 Å². The molecule has 0 aliphatic heterocycles. The third-order valence-corrected chi connectivity index (χ3v) is 1.75. The van der Waals surface area contributed by atoms with Crippen LogP contribution in [0, 0.1) is 15.9 Å². The zero-order valence-corrected chi connectivity index (χ0v) is 8.25. The number of aromatic nitrogens is 1. The predicted octanol–water partition coefficient (Wildman–Crippen LogP) is 0.650. The van der Waals surface area contributed by atoms with Crippen molar-refractivity contribution in [3.63, 3.8) is 0 Å². The Morgan fingerprint density at radius 1 is 1.75 bits per heavy atom. The second-order valence-electron chi connectivity index (χ2n) is 3.01. The zero-order chi connectivity index (χ0) is 12.3. The van der Waals surface area contributed by atoms with E-state index in [1.54, 1.807) is 0 Å². The van der Waals surface area contributed by atoms with Crippen molar-refractivity contribution in [2.75, 3.05) is 18.5 Å². The Balaban J connectivity index is 2.98. The highest BCUT2D eigenvalue weighted by atomic mass is 19.1. The monoisotopic (exact) mass is 229 g/mol. The summed E-state index contributed by atoms with van der Waals surface area (Å²) in [6, 6.07) is 0.695. The predicted molar refractivity (Wildman–Crippen MR) is 51.8 cm³/mol. The fourth-order valence-corrected chi connectivity index (χ4v) is 1.08. The van der Waals surface area contributed by atoms with Crippen molar-refractivity contribution in [1.29, 1.82) is 0 Å². The van der Waals surface area contributed by atoms with Crippen molar-refractivity contribution in [2.45, 2.75) is 0 Å². The summed E-state index contributed by atoms with van der Waals surface area (Å²) in [5.41, 5.74) is -0.482. The van der Waals surface area contributed by atoms with Crippen molar-refractivity contribution in [1.82, 2.24) is 4.98 Å². The number of anilines is 1. The molecule has 8 heteroatoms. The Morgan fingerprint density at radius 2 is 2.38 bits per heavy atom. The van der Waals surface area contributed by atoms with Gasteiger partial charge in [-0.2, -0.15) is 0 Å². The first kappa shape index (κ1) is 11.8. The molecule has 1 N–H and O–H groups in total. The van der Waals surface area contributed by atoms with Gasteiger partial charge in [0.1, 0.15) is 12.7 Å². The van der Waals surface area contributed by atoms with E-state index >= 15 is 0 Å². The Bertz CT molecular complexity index is 437. The van der Waals surface area contributed by atoms with Gasteiger partial charge in [0.2, 0.25) is 0 Å². The number of aliphatic carboxylic acids is 1. The van der Waals surface area contributed by atoms with Crippen LogP contribution in [0.1, 0.15) is 0 Å². The van der Waals surface area contributed by atoms with Gasteiger partial charge in [0, 0.05) is 7.05 Å². The van der Waals surface area contributed by atoms with Crippen LogP contribution in [0.15, 0.2) is 12.3 Å². The number of likely N-dealkylation sites (N-methyl/N-ethyl adjacent to an activating group) is 1. The van der Waals surface area contributed by atoms with Crippen LogP contribution < -0.4 is 4.90 Å². The summed E-state index contributed by atoms with van der Waals surface area (Å²) in [4.78, 5) is 24.4. The minimum Gasteiger partial charge on any atom is -0.480 e. The van der Waals surface area contributed by atoms with E-state index < -0.39 is 28.9 Å². The standard InChI is InChI=1S/C8H8FN3O4/c1-11(4-7(13)14)8-6(9)2-5(3-10-8)12(15)16/h2-3H,4H2,1H3,(H,13,14). The van der Waals surface area contributed by atoms with E-state index in [9.17, 15) is 19.3 Å². The van der Waals surface area contributed by atoms with E-state index in [1.807, 2.05) is 0 Å². The van der Waals surface area contributed by atoms with E-state index in [0.29, 0.717) is 6.07 Å². The average Bonchev–Trinajstić information content (AvgIpc) is 2.15. The molecule has 1 rings (SSSR count). The number of rotatable bonds is 4. The van der Waals surface area contributed by atoms with Crippen LogP contribution in [0.2, 0.25) is 0 Å². The molecule has 0 aliphatic rings. The van der Waals surface area contributed by atoms with Crippen molar-refractivity contribution < 1.29 is 19.2 Å². The number of nitro groups is 1. The number of carbonyl (C=O) groups is 1. The molecule has 0 saturated carbocycles. The number of hydrogen-bond acceptors (Lipinski definition) is 5. The molecule has 0 amide bonds. The molecule has 1 aromatic heterocycles. The van der Waals surface area contributed by atoms with Gasteiger partial charge in [0.05, 0.1) is 11.0 Å². The van der Waals surface area contributed by atoms with Crippen molar-refractivity contribution in [3.05, 3.63) is 28.2 Å². The van der Waals surface area contributed by atoms with Crippen LogP contribution in [0.4, 0.5) is 15.9 Å². The van der Waals surface area contributed by atoms with Crippen LogP contribution in [-0.2, 0) is 4.79 Å². The summed E-state index contributed by atoms with van der Waals surface area (Å²) in [6.45, 7) is -0.443. The molecule has 0 bridgehead atoms. The van der Waals surface area contributed by atoms with Gasteiger partial charge in [-0.25, -0.2) is 9.37 Å². The molecule has 0 spiro atoms. The summed E-state index contributed by atoms with van der Waals surface area (Å²) in [6.07, 6.45) is 0.872. The summed E-state index contributed by atoms with van der Waals surface area (Å²) in [5.74, 6) is -2.33. The third kappa shape index (κ3) is 2.62. The topological polar surface area (TPSA) is 96.6 Å². The van der Waals surface area contributed by atoms with Gasteiger partial charge in [-0.15, -0.1) is 0 Å². The Labute approximate surface area is 89.3 Å². The van der Waals surface area contributed by atoms with Crippen LogP contribution in [0.5, 0.6) is 0 Å². The van der Waals surface area contributed by atoms with Gasteiger partial charge in [-0.3, -0.25) is 14.9 Å². The summed E-state index contributed by atoms with van der Waals surface area (Å²) >= 11 is 0. The van der Waals surface area contributed by atoms with Gasteiger partial charge in [-0.05, 0) is 0 Å². The fourth-order valence-electron chi connectivity index (χ4n) is 1.08. The summed E-state index contributed by atoms with van der Waals surface area (Å²) in [7, 11) is 1.32.